The van der Waals surface area contributed by atoms with Gasteiger partial charge in [-0.2, -0.15) is 0 Å². The van der Waals surface area contributed by atoms with E-state index in [9.17, 15) is 19.2 Å². The summed E-state index contributed by atoms with van der Waals surface area (Å²) in [4.78, 5) is 50.4. The van der Waals surface area contributed by atoms with Gasteiger partial charge in [-0.25, -0.2) is 4.79 Å². The van der Waals surface area contributed by atoms with E-state index in [1.807, 2.05) is 0 Å². The molecule has 0 aliphatic carbocycles. The van der Waals surface area contributed by atoms with Crippen molar-refractivity contribution in [3.8, 4) is 5.75 Å². The molecule has 4 amide bonds. The van der Waals surface area contributed by atoms with Crippen molar-refractivity contribution < 1.29 is 23.9 Å². The molecule has 0 saturated carbocycles. The van der Waals surface area contributed by atoms with Crippen LogP contribution >= 0.6 is 0 Å². The Morgan fingerprint density at radius 2 is 1.86 bits per heavy atom. The molecule has 1 aliphatic rings. The van der Waals surface area contributed by atoms with E-state index < -0.39 is 29.9 Å². The van der Waals surface area contributed by atoms with Crippen LogP contribution in [0.3, 0.4) is 0 Å². The van der Waals surface area contributed by atoms with E-state index in [0.29, 0.717) is 22.6 Å². The Bertz CT molecular complexity index is 1000. The van der Waals surface area contributed by atoms with Gasteiger partial charge in [0, 0.05) is 5.56 Å². The Morgan fingerprint density at radius 3 is 2.55 bits per heavy atom. The molecular formula is C21H21N3O5. The number of nitrogens with one attached hydrogen (secondary N) is 2. The number of ketones is 1. The number of para-hydroxylation sites is 1. The normalized spacial score (nSPS) is 18.4. The largest absolute Gasteiger partial charge is 0.497 e. The van der Waals surface area contributed by atoms with Crippen LogP contribution in [0.4, 0.5) is 10.5 Å². The van der Waals surface area contributed by atoms with Crippen molar-refractivity contribution in [1.29, 1.82) is 0 Å². The zero-order valence-electron chi connectivity index (χ0n) is 16.3. The standard InChI is InChI=1S/C21H21N3O5/c1-13(25)16-9-4-5-10-17(16)22-18(26)12-24-19(27)21(2,23-20(24)28)14-7-6-8-15(11-14)29-3/h4-11H,12H2,1-3H3,(H,22,26)(H,23,28)/t21-/m1/s1. The molecule has 150 valence electrons. The number of benzene rings is 2. The molecule has 1 heterocycles. The minimum Gasteiger partial charge on any atom is -0.497 e. The Hall–Kier alpha value is -3.68. The van der Waals surface area contributed by atoms with Gasteiger partial charge >= 0.3 is 6.03 Å². The topological polar surface area (TPSA) is 105 Å². The minimum absolute atomic E-state index is 0.207. The first-order chi connectivity index (χ1) is 13.8. The molecule has 0 radical (unpaired) electrons. The summed E-state index contributed by atoms with van der Waals surface area (Å²) in [6.07, 6.45) is 0. The smallest absolute Gasteiger partial charge is 0.325 e. The summed E-state index contributed by atoms with van der Waals surface area (Å²) in [5, 5.41) is 5.24. The molecule has 8 heteroatoms. The van der Waals surface area contributed by atoms with Gasteiger partial charge in [-0.1, -0.05) is 24.3 Å². The van der Waals surface area contributed by atoms with Crippen LogP contribution in [0, 0.1) is 0 Å². The highest BCUT2D eigenvalue weighted by molar-refractivity contribution is 6.11. The number of ether oxygens (including phenoxy) is 1. The van der Waals surface area contributed by atoms with Crippen molar-refractivity contribution in [3.63, 3.8) is 0 Å². The van der Waals surface area contributed by atoms with E-state index >= 15 is 0 Å². The number of rotatable bonds is 6. The molecule has 1 aliphatic heterocycles. The van der Waals surface area contributed by atoms with E-state index in [-0.39, 0.29) is 5.78 Å². The molecular weight excluding hydrogens is 374 g/mol. The average molecular weight is 395 g/mol. The lowest BCUT2D eigenvalue weighted by molar-refractivity contribution is -0.133. The number of hydrogen-bond donors (Lipinski definition) is 2. The molecule has 1 atom stereocenters. The minimum atomic E-state index is -1.32. The summed E-state index contributed by atoms with van der Waals surface area (Å²) < 4.78 is 5.18. The van der Waals surface area contributed by atoms with Crippen LogP contribution in [0.5, 0.6) is 5.75 Å². The number of carbonyl (C=O) groups is 4. The fourth-order valence-corrected chi connectivity index (χ4v) is 3.20. The second-order valence-corrected chi connectivity index (χ2v) is 6.83. The summed E-state index contributed by atoms with van der Waals surface area (Å²) in [7, 11) is 1.51. The van der Waals surface area contributed by atoms with E-state index in [0.717, 1.165) is 4.90 Å². The molecule has 29 heavy (non-hydrogen) atoms. The molecule has 0 aromatic heterocycles. The maximum absolute atomic E-state index is 13.0. The van der Waals surface area contributed by atoms with Gasteiger partial charge in [0.15, 0.2) is 5.78 Å². The Balaban J connectivity index is 1.78. The highest BCUT2D eigenvalue weighted by Gasteiger charge is 2.49. The van der Waals surface area contributed by atoms with Crippen molar-refractivity contribution in [2.24, 2.45) is 0 Å². The van der Waals surface area contributed by atoms with Crippen LogP contribution in [0.2, 0.25) is 0 Å². The van der Waals surface area contributed by atoms with Crippen molar-refractivity contribution in [2.45, 2.75) is 19.4 Å². The molecule has 0 spiro atoms. The zero-order valence-corrected chi connectivity index (χ0v) is 16.3. The molecule has 0 unspecified atom stereocenters. The van der Waals surface area contributed by atoms with Gasteiger partial charge in [-0.3, -0.25) is 19.3 Å². The first kappa shape index (κ1) is 20.1. The van der Waals surface area contributed by atoms with Crippen LogP contribution in [0.15, 0.2) is 48.5 Å². The maximum Gasteiger partial charge on any atom is 0.325 e. The Morgan fingerprint density at radius 1 is 1.14 bits per heavy atom. The molecule has 0 bridgehead atoms. The second kappa shape index (κ2) is 7.75. The number of anilines is 1. The number of urea groups is 1. The third kappa shape index (κ3) is 3.82. The van der Waals surface area contributed by atoms with E-state index in [1.165, 1.54) is 14.0 Å². The summed E-state index contributed by atoms with van der Waals surface area (Å²) in [5.41, 5.74) is -0.102. The van der Waals surface area contributed by atoms with Crippen LogP contribution in [-0.2, 0) is 15.1 Å². The summed E-state index contributed by atoms with van der Waals surface area (Å²) in [6.45, 7) is 2.49. The summed E-state index contributed by atoms with van der Waals surface area (Å²) in [5.74, 6) is -0.799. The quantitative estimate of drug-likeness (QED) is 0.577. The summed E-state index contributed by atoms with van der Waals surface area (Å²) in [6, 6.07) is 12.7. The van der Waals surface area contributed by atoms with Gasteiger partial charge in [-0.15, -0.1) is 0 Å². The summed E-state index contributed by atoms with van der Waals surface area (Å²) >= 11 is 0. The SMILES string of the molecule is COc1cccc([C@@]2(C)NC(=O)N(CC(=O)Nc3ccccc3C(C)=O)C2=O)c1. The maximum atomic E-state index is 13.0. The van der Waals surface area contributed by atoms with Crippen LogP contribution < -0.4 is 15.4 Å². The number of hydrogen-bond acceptors (Lipinski definition) is 5. The molecule has 1 saturated heterocycles. The Labute approximate surface area is 167 Å². The molecule has 2 N–H and O–H groups in total. The van der Waals surface area contributed by atoms with Gasteiger partial charge in [0.1, 0.15) is 17.8 Å². The van der Waals surface area contributed by atoms with Gasteiger partial charge < -0.3 is 15.4 Å². The number of methoxy groups -OCH3 is 1. The van der Waals surface area contributed by atoms with Gasteiger partial charge in [0.05, 0.1) is 12.8 Å². The Kier molecular flexibility index (Phi) is 5.36. The van der Waals surface area contributed by atoms with Gasteiger partial charge in [-0.05, 0) is 43.7 Å². The first-order valence-electron chi connectivity index (χ1n) is 8.94. The van der Waals surface area contributed by atoms with Gasteiger partial charge in [0.2, 0.25) is 5.91 Å². The van der Waals surface area contributed by atoms with Crippen LogP contribution in [0.25, 0.3) is 0 Å². The molecule has 3 rings (SSSR count). The monoisotopic (exact) mass is 395 g/mol. The van der Waals surface area contributed by atoms with Crippen molar-refractivity contribution in [1.82, 2.24) is 10.2 Å². The van der Waals surface area contributed by atoms with Crippen LogP contribution in [-0.4, -0.2) is 42.2 Å². The fraction of sp³-hybridized carbons (Fsp3) is 0.238. The highest BCUT2D eigenvalue weighted by atomic mass is 16.5. The third-order valence-electron chi connectivity index (χ3n) is 4.80. The second-order valence-electron chi connectivity index (χ2n) is 6.83. The lowest BCUT2D eigenvalue weighted by atomic mass is 9.92. The highest BCUT2D eigenvalue weighted by Crippen LogP contribution is 2.30. The predicted octanol–water partition coefficient (Wildman–Crippen LogP) is 2.30. The van der Waals surface area contributed by atoms with E-state index in [4.69, 9.17) is 4.74 Å². The van der Waals surface area contributed by atoms with Crippen molar-refractivity contribution in [3.05, 3.63) is 59.7 Å². The fourth-order valence-electron chi connectivity index (χ4n) is 3.20. The predicted molar refractivity (Wildman–Crippen MR) is 106 cm³/mol. The van der Waals surface area contributed by atoms with Gasteiger partial charge in [0.25, 0.3) is 5.91 Å². The average Bonchev–Trinajstić information content (AvgIpc) is 2.92. The molecule has 1 fully saturated rings. The van der Waals surface area contributed by atoms with E-state index in [2.05, 4.69) is 10.6 Å². The molecule has 2 aromatic carbocycles. The van der Waals surface area contributed by atoms with Crippen molar-refractivity contribution >= 4 is 29.3 Å². The number of amides is 4. The molecule has 8 nitrogen and oxygen atoms in total. The number of Topliss-reactive ketones (excluding diaryl/α,β-unsaturated/α-hetero) is 1. The van der Waals surface area contributed by atoms with Crippen LogP contribution in [0.1, 0.15) is 29.8 Å². The lowest BCUT2D eigenvalue weighted by Crippen LogP contribution is -2.42. The zero-order chi connectivity index (χ0) is 21.2. The molecule has 2 aromatic rings. The third-order valence-corrected chi connectivity index (χ3v) is 4.80. The number of carbonyl (C=O) groups excluding carboxylic acids is 4. The number of nitrogens with zero attached hydrogens (tertiary/aromatic N) is 1. The first-order valence-corrected chi connectivity index (χ1v) is 8.94. The lowest BCUT2D eigenvalue weighted by Gasteiger charge is -2.22. The van der Waals surface area contributed by atoms with E-state index in [1.54, 1.807) is 55.5 Å². The number of imide groups is 1. The van der Waals surface area contributed by atoms with Crippen molar-refractivity contribution in [2.75, 3.05) is 19.0 Å².